The molecule has 0 amide bonds. The summed E-state index contributed by atoms with van der Waals surface area (Å²) in [4.78, 5) is 14.6. The largest absolute Gasteiger partial charge is 0.361 e. The molecule has 0 saturated heterocycles. The van der Waals surface area contributed by atoms with E-state index in [4.69, 9.17) is 4.98 Å². The Labute approximate surface area is 185 Å². The Hall–Kier alpha value is -3.46. The second kappa shape index (κ2) is 8.58. The van der Waals surface area contributed by atoms with Gasteiger partial charge >= 0.3 is 0 Å². The highest BCUT2D eigenvalue weighted by atomic mass is 19.1. The van der Waals surface area contributed by atoms with Crippen LogP contribution < -0.4 is 10.6 Å². The van der Waals surface area contributed by atoms with Gasteiger partial charge in [0.15, 0.2) is 5.82 Å². The minimum atomic E-state index is -0.771. The molecule has 2 atom stereocenters. The van der Waals surface area contributed by atoms with Crippen LogP contribution in [0.2, 0.25) is 0 Å². The van der Waals surface area contributed by atoms with E-state index in [9.17, 15) is 4.39 Å². The third-order valence-electron chi connectivity index (χ3n) is 5.73. The van der Waals surface area contributed by atoms with Gasteiger partial charge in [0.2, 0.25) is 5.95 Å². The van der Waals surface area contributed by atoms with Gasteiger partial charge in [0, 0.05) is 66.0 Å². The van der Waals surface area contributed by atoms with Gasteiger partial charge in [-0.2, -0.15) is 10.1 Å². The number of halogens is 1. The van der Waals surface area contributed by atoms with Crippen molar-refractivity contribution >= 4 is 28.5 Å². The number of likely N-dealkylation sites (N-methyl/N-ethyl adjacent to an activating group) is 1. The maximum atomic E-state index is 13.4. The van der Waals surface area contributed by atoms with Gasteiger partial charge in [0.25, 0.3) is 0 Å². The molecule has 1 saturated carbocycles. The van der Waals surface area contributed by atoms with Crippen LogP contribution in [-0.4, -0.2) is 63.4 Å². The average molecular weight is 435 g/mol. The highest BCUT2D eigenvalue weighted by Crippen LogP contribution is 2.43. The van der Waals surface area contributed by atoms with E-state index in [1.54, 1.807) is 0 Å². The van der Waals surface area contributed by atoms with Crippen molar-refractivity contribution in [2.45, 2.75) is 24.9 Å². The Morgan fingerprint density at radius 3 is 2.91 bits per heavy atom. The van der Waals surface area contributed by atoms with Crippen LogP contribution in [0, 0.1) is 0 Å². The molecule has 166 valence electrons. The molecule has 3 aromatic heterocycles. The maximum Gasteiger partial charge on any atom is 0.224 e. The number of fused-ring (bicyclic) bond motifs is 1. The molecule has 1 aliphatic rings. The van der Waals surface area contributed by atoms with Gasteiger partial charge < -0.3 is 20.5 Å². The van der Waals surface area contributed by atoms with E-state index in [2.05, 4.69) is 53.9 Å². The van der Waals surface area contributed by atoms with Crippen LogP contribution in [0.25, 0.3) is 10.9 Å². The van der Waals surface area contributed by atoms with Crippen molar-refractivity contribution in [2.75, 3.05) is 37.8 Å². The van der Waals surface area contributed by atoms with Crippen LogP contribution in [0.4, 0.5) is 22.0 Å². The molecule has 1 aliphatic carbocycles. The molecule has 32 heavy (non-hydrogen) atoms. The van der Waals surface area contributed by atoms with Crippen molar-refractivity contribution in [2.24, 2.45) is 0 Å². The molecule has 5 rings (SSSR count). The van der Waals surface area contributed by atoms with Crippen LogP contribution in [0.1, 0.15) is 29.2 Å². The summed E-state index contributed by atoms with van der Waals surface area (Å²) in [6.45, 7) is 1.61. The second-order valence-electron chi connectivity index (χ2n) is 8.52. The Balaban J connectivity index is 1.42. The van der Waals surface area contributed by atoms with Gasteiger partial charge in [-0.25, -0.2) is 9.37 Å². The standard InChI is InChI=1S/C23H27FN8/c1-32(2)9-8-26-23-27-13-15(10-14-4-3-5-19-16(14)6-7-25-19)22(29-23)28-21-12-20(30-31-21)17-11-18(17)24/h3-7,12-13,17-18,25H,8-11H2,1-2H3,(H3,26,27,28,29,30,31)/t17-,18-/m0/s1. The van der Waals surface area contributed by atoms with Gasteiger partial charge in [-0.15, -0.1) is 0 Å². The van der Waals surface area contributed by atoms with Crippen LogP contribution in [0.15, 0.2) is 42.7 Å². The third-order valence-corrected chi connectivity index (χ3v) is 5.73. The predicted octanol–water partition coefficient (Wildman–Crippen LogP) is 3.81. The number of hydrogen-bond acceptors (Lipinski definition) is 6. The SMILES string of the molecule is CN(C)CCNc1ncc(Cc2cccc3[nH]ccc23)c(Nc2cc([C@H]3C[C@@H]3F)[nH]n2)n1. The number of benzene rings is 1. The Bertz CT molecular complexity index is 1210. The summed E-state index contributed by atoms with van der Waals surface area (Å²) >= 11 is 0. The molecular weight excluding hydrogens is 407 g/mol. The van der Waals surface area contributed by atoms with Crippen molar-refractivity contribution < 1.29 is 4.39 Å². The van der Waals surface area contributed by atoms with Gasteiger partial charge in [0.05, 0.1) is 0 Å². The molecule has 0 aliphatic heterocycles. The van der Waals surface area contributed by atoms with E-state index in [-0.39, 0.29) is 5.92 Å². The lowest BCUT2D eigenvalue weighted by molar-refractivity contribution is 0.425. The summed E-state index contributed by atoms with van der Waals surface area (Å²) in [5, 5.41) is 15.0. The van der Waals surface area contributed by atoms with Crippen molar-refractivity contribution in [3.8, 4) is 0 Å². The van der Waals surface area contributed by atoms with Gasteiger partial charge in [-0.1, -0.05) is 12.1 Å². The maximum absolute atomic E-state index is 13.4. The zero-order chi connectivity index (χ0) is 22.1. The zero-order valence-electron chi connectivity index (χ0n) is 18.2. The number of anilines is 3. The molecule has 0 bridgehead atoms. The van der Waals surface area contributed by atoms with Gasteiger partial charge in [-0.3, -0.25) is 5.10 Å². The van der Waals surface area contributed by atoms with E-state index in [0.717, 1.165) is 29.9 Å². The Morgan fingerprint density at radius 1 is 1.22 bits per heavy atom. The molecule has 4 aromatic rings. The van der Waals surface area contributed by atoms with Crippen molar-refractivity contribution in [1.29, 1.82) is 0 Å². The molecule has 0 unspecified atom stereocenters. The number of hydrogen-bond donors (Lipinski definition) is 4. The number of nitrogens with zero attached hydrogens (tertiary/aromatic N) is 4. The lowest BCUT2D eigenvalue weighted by Crippen LogP contribution is -2.21. The van der Waals surface area contributed by atoms with E-state index < -0.39 is 6.17 Å². The molecule has 3 heterocycles. The lowest BCUT2D eigenvalue weighted by Gasteiger charge is -2.14. The third kappa shape index (κ3) is 4.43. The van der Waals surface area contributed by atoms with Crippen LogP contribution >= 0.6 is 0 Å². The summed E-state index contributed by atoms with van der Waals surface area (Å²) in [5.41, 5.74) is 4.06. The number of nitrogens with one attached hydrogen (secondary N) is 4. The fourth-order valence-electron chi connectivity index (χ4n) is 3.83. The van der Waals surface area contributed by atoms with E-state index in [0.29, 0.717) is 30.4 Å². The van der Waals surface area contributed by atoms with Crippen LogP contribution in [0.5, 0.6) is 0 Å². The smallest absolute Gasteiger partial charge is 0.224 e. The number of H-pyrrole nitrogens is 2. The zero-order valence-corrected chi connectivity index (χ0v) is 18.2. The fourth-order valence-corrected chi connectivity index (χ4v) is 3.83. The van der Waals surface area contributed by atoms with Gasteiger partial charge in [-0.05, 0) is 38.2 Å². The normalized spacial score (nSPS) is 17.8. The van der Waals surface area contributed by atoms with E-state index >= 15 is 0 Å². The number of rotatable bonds is 9. The monoisotopic (exact) mass is 434 g/mol. The number of alkyl halides is 1. The molecule has 0 spiro atoms. The molecule has 0 radical (unpaired) electrons. The lowest BCUT2D eigenvalue weighted by atomic mass is 10.0. The van der Waals surface area contributed by atoms with Crippen molar-refractivity contribution in [3.05, 3.63) is 59.5 Å². The summed E-state index contributed by atoms with van der Waals surface area (Å²) in [7, 11) is 4.05. The Morgan fingerprint density at radius 2 is 2.09 bits per heavy atom. The highest BCUT2D eigenvalue weighted by molar-refractivity contribution is 5.83. The van der Waals surface area contributed by atoms with E-state index in [1.165, 1.54) is 10.9 Å². The first-order valence-electron chi connectivity index (χ1n) is 10.8. The van der Waals surface area contributed by atoms with Crippen molar-refractivity contribution in [1.82, 2.24) is 30.0 Å². The number of aromatic nitrogens is 5. The molecule has 1 fully saturated rings. The number of aromatic amines is 2. The van der Waals surface area contributed by atoms with Crippen LogP contribution in [0.3, 0.4) is 0 Å². The van der Waals surface area contributed by atoms with Crippen molar-refractivity contribution in [3.63, 3.8) is 0 Å². The first-order chi connectivity index (χ1) is 15.6. The first-order valence-corrected chi connectivity index (χ1v) is 10.8. The predicted molar refractivity (Wildman–Crippen MR) is 124 cm³/mol. The molecule has 9 heteroatoms. The fraction of sp³-hybridized carbons (Fsp3) is 0.348. The Kier molecular flexibility index (Phi) is 5.48. The highest BCUT2D eigenvalue weighted by Gasteiger charge is 2.40. The summed E-state index contributed by atoms with van der Waals surface area (Å²) in [5.74, 6) is 1.79. The average Bonchev–Trinajstić information content (AvgIpc) is 3.16. The van der Waals surface area contributed by atoms with E-state index in [1.807, 2.05) is 38.6 Å². The summed E-state index contributed by atoms with van der Waals surface area (Å²) in [6, 6.07) is 10.2. The molecule has 1 aromatic carbocycles. The summed E-state index contributed by atoms with van der Waals surface area (Å²) in [6.07, 6.45) is 4.25. The quantitative estimate of drug-likeness (QED) is 0.320. The minimum absolute atomic E-state index is 0.0719. The first kappa shape index (κ1) is 20.4. The summed E-state index contributed by atoms with van der Waals surface area (Å²) < 4.78 is 13.4. The second-order valence-corrected chi connectivity index (χ2v) is 8.52. The molecule has 8 nitrogen and oxygen atoms in total. The minimum Gasteiger partial charge on any atom is -0.361 e. The van der Waals surface area contributed by atoms with Crippen LogP contribution in [-0.2, 0) is 6.42 Å². The topological polar surface area (TPSA) is 97.6 Å². The molecular formula is C23H27FN8. The van der Waals surface area contributed by atoms with Gasteiger partial charge in [0.1, 0.15) is 12.0 Å². The molecule has 4 N–H and O–H groups in total.